The topological polar surface area (TPSA) is 66.1 Å². The van der Waals surface area contributed by atoms with E-state index in [2.05, 4.69) is 4.99 Å². The Labute approximate surface area is 116 Å². The molecule has 0 fully saturated rings. The molecule has 2 rings (SSSR count). The largest absolute Gasteiger partial charge is 0.493 e. The smallest absolute Gasteiger partial charge is 0.203 e. The van der Waals surface area contributed by atoms with E-state index in [-0.39, 0.29) is 0 Å². The van der Waals surface area contributed by atoms with Gasteiger partial charge >= 0.3 is 0 Å². The van der Waals surface area contributed by atoms with Crippen molar-refractivity contribution in [2.75, 3.05) is 27.1 Å². The Morgan fingerprint density at radius 2 is 1.74 bits per heavy atom. The van der Waals surface area contributed by atoms with Crippen molar-refractivity contribution in [1.29, 1.82) is 0 Å². The molecule has 1 heterocycles. The van der Waals surface area contributed by atoms with Gasteiger partial charge in [0.1, 0.15) is 0 Å². The van der Waals surface area contributed by atoms with Gasteiger partial charge in [-0.15, -0.1) is 0 Å². The summed E-state index contributed by atoms with van der Waals surface area (Å²) in [6.45, 7) is 0. The standard InChI is InChI=1S/C13H16N2O3S/c1-16-10-6-8(7-11(17-2)12(10)18-3)9-4-5-19-13(14)15-9/h4,6-7H,5H2,1-3H3,(H2,14,15). The molecule has 0 radical (unpaired) electrons. The van der Waals surface area contributed by atoms with Gasteiger partial charge in [0.15, 0.2) is 16.7 Å². The van der Waals surface area contributed by atoms with Crippen LogP contribution in [-0.2, 0) is 0 Å². The summed E-state index contributed by atoms with van der Waals surface area (Å²) in [5.41, 5.74) is 7.45. The van der Waals surface area contributed by atoms with Gasteiger partial charge in [0.25, 0.3) is 0 Å². The van der Waals surface area contributed by atoms with Crippen molar-refractivity contribution >= 4 is 22.6 Å². The fourth-order valence-corrected chi connectivity index (χ4v) is 2.39. The van der Waals surface area contributed by atoms with Crippen LogP contribution < -0.4 is 19.9 Å². The minimum atomic E-state index is 0.561. The summed E-state index contributed by atoms with van der Waals surface area (Å²) in [5.74, 6) is 2.58. The van der Waals surface area contributed by atoms with E-state index in [9.17, 15) is 0 Å². The first-order valence-corrected chi connectivity index (χ1v) is 6.65. The Morgan fingerprint density at radius 1 is 1.11 bits per heavy atom. The predicted octanol–water partition coefficient (Wildman–Crippen LogP) is 2.11. The van der Waals surface area contributed by atoms with Crippen molar-refractivity contribution in [3.8, 4) is 17.2 Å². The maximum absolute atomic E-state index is 5.74. The highest BCUT2D eigenvalue weighted by Gasteiger charge is 2.16. The van der Waals surface area contributed by atoms with E-state index in [1.807, 2.05) is 18.2 Å². The number of methoxy groups -OCH3 is 3. The Kier molecular flexibility index (Phi) is 4.21. The molecule has 0 bridgehead atoms. The summed E-state index contributed by atoms with van der Waals surface area (Å²) >= 11 is 1.51. The van der Waals surface area contributed by atoms with E-state index >= 15 is 0 Å². The van der Waals surface area contributed by atoms with Crippen molar-refractivity contribution in [2.24, 2.45) is 10.7 Å². The van der Waals surface area contributed by atoms with Crippen LogP contribution in [0.2, 0.25) is 0 Å². The van der Waals surface area contributed by atoms with Crippen LogP contribution in [0, 0.1) is 0 Å². The molecular weight excluding hydrogens is 264 g/mol. The number of amidine groups is 1. The lowest BCUT2D eigenvalue weighted by Crippen LogP contribution is -2.10. The molecule has 0 unspecified atom stereocenters. The average molecular weight is 280 g/mol. The normalized spacial score (nSPS) is 14.5. The molecule has 0 spiro atoms. The summed E-state index contributed by atoms with van der Waals surface area (Å²) in [6, 6.07) is 3.72. The van der Waals surface area contributed by atoms with Gasteiger partial charge in [0.2, 0.25) is 5.75 Å². The van der Waals surface area contributed by atoms with Crippen LogP contribution in [0.25, 0.3) is 5.70 Å². The second-order valence-corrected chi connectivity index (χ2v) is 4.80. The molecule has 6 heteroatoms. The summed E-state index contributed by atoms with van der Waals surface area (Å²) in [7, 11) is 4.75. The number of hydrogen-bond donors (Lipinski definition) is 1. The van der Waals surface area contributed by atoms with Crippen molar-refractivity contribution in [3.63, 3.8) is 0 Å². The fraction of sp³-hybridized carbons (Fsp3) is 0.308. The lowest BCUT2D eigenvalue weighted by molar-refractivity contribution is 0.324. The first-order chi connectivity index (χ1) is 9.19. The Morgan fingerprint density at radius 3 is 2.21 bits per heavy atom. The minimum absolute atomic E-state index is 0.561. The first-order valence-electron chi connectivity index (χ1n) is 5.67. The van der Waals surface area contributed by atoms with Crippen LogP contribution >= 0.6 is 11.8 Å². The highest BCUT2D eigenvalue weighted by molar-refractivity contribution is 8.14. The van der Waals surface area contributed by atoms with Gasteiger partial charge in [-0.3, -0.25) is 0 Å². The highest BCUT2D eigenvalue weighted by atomic mass is 32.2. The Bertz CT molecular complexity index is 516. The monoisotopic (exact) mass is 280 g/mol. The van der Waals surface area contributed by atoms with Crippen LogP contribution in [0.15, 0.2) is 23.2 Å². The molecule has 19 heavy (non-hydrogen) atoms. The quantitative estimate of drug-likeness (QED) is 0.915. The molecule has 1 aliphatic heterocycles. The second kappa shape index (κ2) is 5.88. The average Bonchev–Trinajstić information content (AvgIpc) is 2.45. The van der Waals surface area contributed by atoms with Gasteiger partial charge in [-0.1, -0.05) is 11.8 Å². The van der Waals surface area contributed by atoms with Gasteiger partial charge < -0.3 is 19.9 Å². The summed E-state index contributed by atoms with van der Waals surface area (Å²) < 4.78 is 15.9. The molecule has 0 saturated heterocycles. The summed E-state index contributed by atoms with van der Waals surface area (Å²) in [4.78, 5) is 4.33. The van der Waals surface area contributed by atoms with Crippen molar-refractivity contribution in [1.82, 2.24) is 0 Å². The third kappa shape index (κ3) is 2.78. The molecule has 0 atom stereocenters. The maximum Gasteiger partial charge on any atom is 0.203 e. The van der Waals surface area contributed by atoms with E-state index in [0.717, 1.165) is 17.0 Å². The van der Waals surface area contributed by atoms with E-state index < -0.39 is 0 Å². The number of benzene rings is 1. The minimum Gasteiger partial charge on any atom is -0.493 e. The van der Waals surface area contributed by atoms with Gasteiger partial charge in [0.05, 0.1) is 27.0 Å². The van der Waals surface area contributed by atoms with Crippen LogP contribution in [0.4, 0.5) is 0 Å². The number of aliphatic imine (C=N–C) groups is 1. The van der Waals surface area contributed by atoms with Gasteiger partial charge in [0, 0.05) is 11.3 Å². The van der Waals surface area contributed by atoms with Crippen molar-refractivity contribution in [2.45, 2.75) is 0 Å². The van der Waals surface area contributed by atoms with Crippen LogP contribution in [0.1, 0.15) is 5.56 Å². The number of ether oxygens (including phenoxy) is 3. The number of hydrogen-bond acceptors (Lipinski definition) is 6. The Hall–Kier alpha value is -1.82. The van der Waals surface area contributed by atoms with Crippen molar-refractivity contribution in [3.05, 3.63) is 23.8 Å². The highest BCUT2D eigenvalue weighted by Crippen LogP contribution is 2.40. The predicted molar refractivity (Wildman–Crippen MR) is 78.2 cm³/mol. The fourth-order valence-electron chi connectivity index (χ4n) is 1.81. The third-order valence-electron chi connectivity index (χ3n) is 2.70. The lowest BCUT2D eigenvalue weighted by Gasteiger charge is -2.15. The zero-order valence-corrected chi connectivity index (χ0v) is 11.9. The molecule has 1 aromatic rings. The van der Waals surface area contributed by atoms with E-state index in [0.29, 0.717) is 22.4 Å². The first kappa shape index (κ1) is 13.6. The number of nitrogens with two attached hydrogens (primary N) is 1. The molecule has 1 aliphatic rings. The molecule has 1 aromatic carbocycles. The molecule has 0 aromatic heterocycles. The third-order valence-corrected chi connectivity index (χ3v) is 3.42. The molecular formula is C13H16N2O3S. The molecule has 0 aliphatic carbocycles. The van der Waals surface area contributed by atoms with Crippen molar-refractivity contribution < 1.29 is 14.2 Å². The van der Waals surface area contributed by atoms with Gasteiger partial charge in [-0.2, -0.15) is 0 Å². The van der Waals surface area contributed by atoms with E-state index in [4.69, 9.17) is 19.9 Å². The number of nitrogens with zero attached hydrogens (tertiary/aromatic N) is 1. The molecule has 0 saturated carbocycles. The number of rotatable bonds is 4. The second-order valence-electron chi connectivity index (χ2n) is 3.76. The van der Waals surface area contributed by atoms with Gasteiger partial charge in [-0.05, 0) is 18.2 Å². The number of thioether (sulfide) groups is 1. The molecule has 0 amide bonds. The van der Waals surface area contributed by atoms with E-state index in [1.54, 1.807) is 21.3 Å². The van der Waals surface area contributed by atoms with Crippen LogP contribution in [0.5, 0.6) is 17.2 Å². The maximum atomic E-state index is 5.74. The van der Waals surface area contributed by atoms with Crippen LogP contribution in [-0.4, -0.2) is 32.2 Å². The summed E-state index contributed by atoms with van der Waals surface area (Å²) in [6.07, 6.45) is 2.02. The van der Waals surface area contributed by atoms with E-state index in [1.165, 1.54) is 11.8 Å². The Balaban J connectivity index is 2.50. The summed E-state index contributed by atoms with van der Waals surface area (Å²) in [5, 5.41) is 0.561. The molecule has 5 nitrogen and oxygen atoms in total. The molecule has 2 N–H and O–H groups in total. The lowest BCUT2D eigenvalue weighted by atomic mass is 10.1. The van der Waals surface area contributed by atoms with Crippen LogP contribution in [0.3, 0.4) is 0 Å². The molecule has 102 valence electrons. The SMILES string of the molecule is COc1cc(C2=CCSC(N)=N2)cc(OC)c1OC. The zero-order chi connectivity index (χ0) is 13.8. The van der Waals surface area contributed by atoms with Gasteiger partial charge in [-0.25, -0.2) is 4.99 Å². The zero-order valence-electron chi connectivity index (χ0n) is 11.1.